The number of rotatable bonds is 3. The molecule has 1 heterocycles. The van der Waals surface area contributed by atoms with Gasteiger partial charge in [0.15, 0.2) is 0 Å². The van der Waals surface area contributed by atoms with Crippen LogP contribution in [0.4, 0.5) is 4.79 Å². The van der Waals surface area contributed by atoms with Crippen molar-refractivity contribution in [2.45, 2.75) is 32.4 Å². The van der Waals surface area contributed by atoms with E-state index in [1.54, 1.807) is 4.90 Å². The highest BCUT2D eigenvalue weighted by molar-refractivity contribution is 5.68. The normalized spacial score (nSPS) is 20.0. The molecule has 0 aliphatic carbocycles. The predicted octanol–water partition coefficient (Wildman–Crippen LogP) is 2.24. The standard InChI is InChI=1S/C17H27N3O2/c1-17(2,3)22-16(21)20-12-11-19(10-9-18)15(13-20)14-7-5-4-6-8-14/h4-8,15H,9-13,18H2,1-3H3. The van der Waals surface area contributed by atoms with E-state index < -0.39 is 5.60 Å². The Morgan fingerprint density at radius 3 is 2.55 bits per heavy atom. The van der Waals surface area contributed by atoms with Crippen LogP contribution in [0.3, 0.4) is 0 Å². The molecule has 1 aliphatic rings. The third kappa shape index (κ3) is 4.45. The summed E-state index contributed by atoms with van der Waals surface area (Å²) in [6, 6.07) is 10.4. The number of carbonyl (C=O) groups is 1. The fourth-order valence-corrected chi connectivity index (χ4v) is 2.74. The van der Waals surface area contributed by atoms with Gasteiger partial charge in [-0.3, -0.25) is 4.90 Å². The lowest BCUT2D eigenvalue weighted by Gasteiger charge is -2.41. The predicted molar refractivity (Wildman–Crippen MR) is 87.6 cm³/mol. The average molecular weight is 305 g/mol. The maximum absolute atomic E-state index is 12.3. The van der Waals surface area contributed by atoms with E-state index >= 15 is 0 Å². The Bertz CT molecular complexity index is 484. The summed E-state index contributed by atoms with van der Waals surface area (Å²) in [6.07, 6.45) is -0.235. The van der Waals surface area contributed by atoms with Gasteiger partial charge in [-0.15, -0.1) is 0 Å². The molecule has 1 saturated heterocycles. The molecule has 1 fully saturated rings. The van der Waals surface area contributed by atoms with Crippen LogP contribution >= 0.6 is 0 Å². The highest BCUT2D eigenvalue weighted by Gasteiger charge is 2.32. The van der Waals surface area contributed by atoms with Crippen molar-refractivity contribution in [3.63, 3.8) is 0 Å². The van der Waals surface area contributed by atoms with E-state index in [0.717, 1.165) is 13.1 Å². The Hall–Kier alpha value is -1.59. The van der Waals surface area contributed by atoms with Crippen LogP contribution in [-0.4, -0.2) is 54.2 Å². The summed E-state index contributed by atoms with van der Waals surface area (Å²) in [5.74, 6) is 0. The summed E-state index contributed by atoms with van der Waals surface area (Å²) in [5, 5.41) is 0. The van der Waals surface area contributed by atoms with Crippen molar-refractivity contribution in [1.82, 2.24) is 9.80 Å². The highest BCUT2D eigenvalue weighted by Crippen LogP contribution is 2.26. The fraction of sp³-hybridized carbons (Fsp3) is 0.588. The van der Waals surface area contributed by atoms with Gasteiger partial charge in [-0.1, -0.05) is 30.3 Å². The number of ether oxygens (including phenoxy) is 1. The molecule has 2 rings (SSSR count). The maximum Gasteiger partial charge on any atom is 0.410 e. The zero-order valence-electron chi connectivity index (χ0n) is 13.8. The van der Waals surface area contributed by atoms with Crippen LogP contribution in [0, 0.1) is 0 Å². The van der Waals surface area contributed by atoms with Gasteiger partial charge < -0.3 is 15.4 Å². The molecule has 1 aromatic rings. The first-order valence-electron chi connectivity index (χ1n) is 7.87. The molecule has 0 spiro atoms. The van der Waals surface area contributed by atoms with Gasteiger partial charge in [0.1, 0.15) is 5.60 Å². The lowest BCUT2D eigenvalue weighted by molar-refractivity contribution is 0.00396. The molecule has 2 N–H and O–H groups in total. The van der Waals surface area contributed by atoms with Crippen molar-refractivity contribution >= 4 is 6.09 Å². The van der Waals surface area contributed by atoms with Crippen molar-refractivity contribution in [2.75, 3.05) is 32.7 Å². The van der Waals surface area contributed by atoms with E-state index in [9.17, 15) is 4.79 Å². The quantitative estimate of drug-likeness (QED) is 0.930. The summed E-state index contributed by atoms with van der Waals surface area (Å²) in [7, 11) is 0. The topological polar surface area (TPSA) is 58.8 Å². The Balaban J connectivity index is 2.11. The molecule has 22 heavy (non-hydrogen) atoms. The summed E-state index contributed by atoms with van der Waals surface area (Å²) in [4.78, 5) is 16.5. The SMILES string of the molecule is CC(C)(C)OC(=O)N1CCN(CCN)C(c2ccccc2)C1. The van der Waals surface area contributed by atoms with E-state index in [4.69, 9.17) is 10.5 Å². The van der Waals surface area contributed by atoms with Crippen molar-refractivity contribution in [2.24, 2.45) is 5.73 Å². The number of hydrogen-bond donors (Lipinski definition) is 1. The molecular formula is C17H27N3O2. The molecule has 122 valence electrons. The van der Waals surface area contributed by atoms with Crippen LogP contribution in [0.1, 0.15) is 32.4 Å². The molecule has 1 aromatic carbocycles. The van der Waals surface area contributed by atoms with E-state index in [2.05, 4.69) is 17.0 Å². The summed E-state index contributed by atoms with van der Waals surface area (Å²) >= 11 is 0. The first-order chi connectivity index (χ1) is 10.4. The number of nitrogens with two attached hydrogens (primary N) is 1. The van der Waals surface area contributed by atoms with Crippen LogP contribution in [-0.2, 0) is 4.74 Å². The molecule has 0 bridgehead atoms. The van der Waals surface area contributed by atoms with Gasteiger partial charge in [-0.2, -0.15) is 0 Å². The van der Waals surface area contributed by atoms with Gasteiger partial charge in [-0.25, -0.2) is 4.79 Å². The van der Waals surface area contributed by atoms with Gasteiger partial charge >= 0.3 is 6.09 Å². The maximum atomic E-state index is 12.3. The van der Waals surface area contributed by atoms with Crippen LogP contribution in [0.25, 0.3) is 0 Å². The minimum Gasteiger partial charge on any atom is -0.444 e. The van der Waals surface area contributed by atoms with E-state index in [1.165, 1.54) is 5.56 Å². The third-order valence-electron chi connectivity index (χ3n) is 3.74. The van der Waals surface area contributed by atoms with Crippen LogP contribution in [0.5, 0.6) is 0 Å². The molecular weight excluding hydrogens is 278 g/mol. The average Bonchev–Trinajstić information content (AvgIpc) is 2.47. The highest BCUT2D eigenvalue weighted by atomic mass is 16.6. The lowest BCUT2D eigenvalue weighted by Crippen LogP contribution is -2.52. The number of amides is 1. The molecule has 1 aliphatic heterocycles. The molecule has 1 unspecified atom stereocenters. The van der Waals surface area contributed by atoms with Crippen LogP contribution in [0.2, 0.25) is 0 Å². The van der Waals surface area contributed by atoms with Crippen LogP contribution < -0.4 is 5.73 Å². The largest absolute Gasteiger partial charge is 0.444 e. The summed E-state index contributed by atoms with van der Waals surface area (Å²) < 4.78 is 5.50. The van der Waals surface area contributed by atoms with Gasteiger partial charge in [0.2, 0.25) is 0 Å². The van der Waals surface area contributed by atoms with Crippen LogP contribution in [0.15, 0.2) is 30.3 Å². The molecule has 5 heteroatoms. The van der Waals surface area contributed by atoms with Crippen molar-refractivity contribution < 1.29 is 9.53 Å². The second kappa shape index (κ2) is 7.11. The second-order valence-corrected chi connectivity index (χ2v) is 6.68. The minimum absolute atomic E-state index is 0.172. The molecule has 0 saturated carbocycles. The zero-order valence-corrected chi connectivity index (χ0v) is 13.8. The zero-order chi connectivity index (χ0) is 16.2. The molecule has 5 nitrogen and oxygen atoms in total. The van der Waals surface area contributed by atoms with Gasteiger partial charge in [-0.05, 0) is 26.3 Å². The number of hydrogen-bond acceptors (Lipinski definition) is 4. The van der Waals surface area contributed by atoms with Crippen molar-refractivity contribution in [3.05, 3.63) is 35.9 Å². The molecule has 0 aromatic heterocycles. The number of nitrogens with zero attached hydrogens (tertiary/aromatic N) is 2. The number of benzene rings is 1. The molecule has 0 radical (unpaired) electrons. The molecule has 1 amide bonds. The van der Waals surface area contributed by atoms with Crippen molar-refractivity contribution in [1.29, 1.82) is 0 Å². The first-order valence-corrected chi connectivity index (χ1v) is 7.87. The summed E-state index contributed by atoms with van der Waals surface area (Å²) in [6.45, 7) is 9.27. The number of piperazine rings is 1. The fourth-order valence-electron chi connectivity index (χ4n) is 2.74. The monoisotopic (exact) mass is 305 g/mol. The van der Waals surface area contributed by atoms with Crippen molar-refractivity contribution in [3.8, 4) is 0 Å². The van der Waals surface area contributed by atoms with Gasteiger partial charge in [0.25, 0.3) is 0 Å². The third-order valence-corrected chi connectivity index (χ3v) is 3.74. The Labute approximate surface area is 133 Å². The Kier molecular flexibility index (Phi) is 5.42. The second-order valence-electron chi connectivity index (χ2n) is 6.68. The smallest absolute Gasteiger partial charge is 0.410 e. The minimum atomic E-state index is -0.465. The first kappa shape index (κ1) is 16.8. The Morgan fingerprint density at radius 1 is 1.27 bits per heavy atom. The van der Waals surface area contributed by atoms with E-state index in [1.807, 2.05) is 39.0 Å². The van der Waals surface area contributed by atoms with Gasteiger partial charge in [0, 0.05) is 32.7 Å². The van der Waals surface area contributed by atoms with E-state index in [0.29, 0.717) is 19.6 Å². The Morgan fingerprint density at radius 2 is 1.95 bits per heavy atom. The van der Waals surface area contributed by atoms with Gasteiger partial charge in [0.05, 0.1) is 6.04 Å². The van der Waals surface area contributed by atoms with E-state index in [-0.39, 0.29) is 12.1 Å². The molecule has 1 atom stereocenters. The summed E-state index contributed by atoms with van der Waals surface area (Å²) in [5.41, 5.74) is 6.48. The lowest BCUT2D eigenvalue weighted by atomic mass is 10.0. The number of carbonyl (C=O) groups excluding carboxylic acids is 1.